The monoisotopic (exact) mass is 255 g/mol. The molecule has 17 heavy (non-hydrogen) atoms. The second-order valence-corrected chi connectivity index (χ2v) is 6.72. The Morgan fingerprint density at radius 1 is 1.29 bits per heavy atom. The summed E-state index contributed by atoms with van der Waals surface area (Å²) in [5, 5.41) is 2.73. The van der Waals surface area contributed by atoms with E-state index >= 15 is 0 Å². The average molecular weight is 255 g/mol. The van der Waals surface area contributed by atoms with Gasteiger partial charge in [0.2, 0.25) is 0 Å². The smallest absolute Gasteiger partial charge is 0.182 e. The van der Waals surface area contributed by atoms with Crippen LogP contribution in [0.3, 0.4) is 0 Å². The molecule has 0 saturated carbocycles. The maximum absolute atomic E-state index is 12.4. The third-order valence-corrected chi connectivity index (χ3v) is 5.34. The number of rotatable bonds is 5. The van der Waals surface area contributed by atoms with Crippen molar-refractivity contribution in [1.82, 2.24) is 5.32 Å². The van der Waals surface area contributed by atoms with Crippen LogP contribution in [-0.4, -0.2) is 26.3 Å². The zero-order valence-electron chi connectivity index (χ0n) is 10.9. The summed E-state index contributed by atoms with van der Waals surface area (Å²) in [6.07, 6.45) is 0. The van der Waals surface area contributed by atoms with E-state index in [1.165, 1.54) is 0 Å². The fraction of sp³-hybridized carbons (Fsp3) is 0.538. The quantitative estimate of drug-likeness (QED) is 0.877. The summed E-state index contributed by atoms with van der Waals surface area (Å²) in [5.74, 6) is 0. The molecule has 0 aliphatic rings. The van der Waals surface area contributed by atoms with Crippen LogP contribution in [0.25, 0.3) is 0 Å². The van der Waals surface area contributed by atoms with Gasteiger partial charge in [-0.3, -0.25) is 0 Å². The first kappa shape index (κ1) is 14.2. The molecule has 0 spiro atoms. The number of aryl methyl sites for hydroxylation is 1. The molecular weight excluding hydrogens is 234 g/mol. The molecule has 1 rings (SSSR count). The molecule has 0 amide bonds. The molecule has 3 nitrogen and oxygen atoms in total. The highest BCUT2D eigenvalue weighted by atomic mass is 32.2. The fourth-order valence-corrected chi connectivity index (χ4v) is 3.45. The van der Waals surface area contributed by atoms with E-state index in [1.807, 2.05) is 26.8 Å². The van der Waals surface area contributed by atoms with Gasteiger partial charge in [0.05, 0.1) is 10.1 Å². The molecule has 0 aliphatic carbocycles. The van der Waals surface area contributed by atoms with E-state index in [0.29, 0.717) is 4.90 Å². The molecule has 0 aliphatic heterocycles. The van der Waals surface area contributed by atoms with Gasteiger partial charge in [-0.2, -0.15) is 0 Å². The molecule has 4 heteroatoms. The largest absolute Gasteiger partial charge is 0.313 e. The molecule has 0 bridgehead atoms. The summed E-state index contributed by atoms with van der Waals surface area (Å²) in [5.41, 5.74) is 0.967. The van der Waals surface area contributed by atoms with E-state index in [1.54, 1.807) is 25.1 Å². The van der Waals surface area contributed by atoms with Crippen LogP contribution in [-0.2, 0) is 9.84 Å². The summed E-state index contributed by atoms with van der Waals surface area (Å²) in [6.45, 7) is 8.31. The van der Waals surface area contributed by atoms with Gasteiger partial charge in [-0.1, -0.05) is 19.1 Å². The molecular formula is C13H21NO2S. The Bertz CT molecular complexity index is 468. The highest BCUT2D eigenvalue weighted by Crippen LogP contribution is 2.19. The molecule has 0 radical (unpaired) electrons. The maximum atomic E-state index is 12.4. The molecule has 0 heterocycles. The minimum Gasteiger partial charge on any atom is -0.313 e. The second-order valence-electron chi connectivity index (χ2n) is 4.41. The van der Waals surface area contributed by atoms with Crippen molar-refractivity contribution in [3.63, 3.8) is 0 Å². The standard InChI is InChI=1S/C13H21NO2S/c1-5-14-11(3)12(4)17(15,16)13-8-6-7-10(2)9-13/h6-9,11-12,14H,5H2,1-4H3. The summed E-state index contributed by atoms with van der Waals surface area (Å²) in [7, 11) is -3.25. The zero-order valence-corrected chi connectivity index (χ0v) is 11.7. The van der Waals surface area contributed by atoms with E-state index in [0.717, 1.165) is 12.1 Å². The third-order valence-electron chi connectivity index (χ3n) is 3.04. The van der Waals surface area contributed by atoms with E-state index in [9.17, 15) is 8.42 Å². The molecule has 0 aromatic heterocycles. The molecule has 96 valence electrons. The highest BCUT2D eigenvalue weighted by Gasteiger charge is 2.27. The second kappa shape index (κ2) is 5.65. The number of benzene rings is 1. The molecule has 0 fully saturated rings. The van der Waals surface area contributed by atoms with Gasteiger partial charge >= 0.3 is 0 Å². The van der Waals surface area contributed by atoms with E-state index in [2.05, 4.69) is 5.32 Å². The SMILES string of the molecule is CCNC(C)C(C)S(=O)(=O)c1cccc(C)c1. The third kappa shape index (κ3) is 3.30. The lowest BCUT2D eigenvalue weighted by atomic mass is 10.2. The normalized spacial score (nSPS) is 15.5. The Morgan fingerprint density at radius 2 is 1.94 bits per heavy atom. The van der Waals surface area contributed by atoms with Crippen LogP contribution in [0, 0.1) is 6.92 Å². The Labute approximate surface area is 104 Å². The first-order chi connectivity index (χ1) is 7.89. The van der Waals surface area contributed by atoms with Crippen molar-refractivity contribution in [3.8, 4) is 0 Å². The first-order valence-electron chi connectivity index (χ1n) is 5.93. The topological polar surface area (TPSA) is 46.2 Å². The highest BCUT2D eigenvalue weighted by molar-refractivity contribution is 7.92. The van der Waals surface area contributed by atoms with Crippen molar-refractivity contribution in [2.75, 3.05) is 6.54 Å². The Hall–Kier alpha value is -0.870. The van der Waals surface area contributed by atoms with Gasteiger partial charge in [-0.15, -0.1) is 0 Å². The van der Waals surface area contributed by atoms with Gasteiger partial charge in [0.1, 0.15) is 0 Å². The number of sulfone groups is 1. The molecule has 1 N–H and O–H groups in total. The van der Waals surface area contributed by atoms with Crippen LogP contribution < -0.4 is 5.32 Å². The lowest BCUT2D eigenvalue weighted by Crippen LogP contribution is -2.40. The van der Waals surface area contributed by atoms with Crippen molar-refractivity contribution in [2.24, 2.45) is 0 Å². The summed E-state index contributed by atoms with van der Waals surface area (Å²) >= 11 is 0. The van der Waals surface area contributed by atoms with E-state index in [4.69, 9.17) is 0 Å². The fourth-order valence-electron chi connectivity index (χ4n) is 1.76. The Kier molecular flexibility index (Phi) is 4.71. The van der Waals surface area contributed by atoms with Crippen LogP contribution in [0.4, 0.5) is 0 Å². The van der Waals surface area contributed by atoms with Crippen LogP contribution in [0.2, 0.25) is 0 Å². The zero-order chi connectivity index (χ0) is 13.1. The van der Waals surface area contributed by atoms with Crippen molar-refractivity contribution in [1.29, 1.82) is 0 Å². The lowest BCUT2D eigenvalue weighted by molar-refractivity contribution is 0.521. The minimum atomic E-state index is -3.25. The van der Waals surface area contributed by atoms with Crippen LogP contribution >= 0.6 is 0 Å². The van der Waals surface area contributed by atoms with Gasteiger partial charge in [0, 0.05) is 6.04 Å². The minimum absolute atomic E-state index is 0.0505. The average Bonchev–Trinajstić information content (AvgIpc) is 2.28. The van der Waals surface area contributed by atoms with Gasteiger partial charge in [0.25, 0.3) is 0 Å². The Morgan fingerprint density at radius 3 is 2.47 bits per heavy atom. The predicted octanol–water partition coefficient (Wildman–Crippen LogP) is 2.16. The summed E-state index contributed by atoms with van der Waals surface area (Å²) in [4.78, 5) is 0.412. The number of hydrogen-bond acceptors (Lipinski definition) is 3. The molecule has 1 aromatic carbocycles. The number of nitrogens with one attached hydrogen (secondary N) is 1. The van der Waals surface area contributed by atoms with E-state index < -0.39 is 15.1 Å². The van der Waals surface area contributed by atoms with Gasteiger partial charge in [0.15, 0.2) is 9.84 Å². The predicted molar refractivity (Wildman–Crippen MR) is 71.0 cm³/mol. The molecule has 2 atom stereocenters. The van der Waals surface area contributed by atoms with E-state index in [-0.39, 0.29) is 6.04 Å². The summed E-state index contributed by atoms with van der Waals surface area (Å²) < 4.78 is 24.7. The van der Waals surface area contributed by atoms with Crippen LogP contribution in [0.15, 0.2) is 29.2 Å². The molecule has 1 aromatic rings. The van der Waals surface area contributed by atoms with Gasteiger partial charge in [-0.25, -0.2) is 8.42 Å². The van der Waals surface area contributed by atoms with Crippen molar-refractivity contribution in [3.05, 3.63) is 29.8 Å². The molecule has 0 saturated heterocycles. The first-order valence-corrected chi connectivity index (χ1v) is 7.48. The summed E-state index contributed by atoms with van der Waals surface area (Å²) in [6, 6.07) is 7.03. The molecule has 2 unspecified atom stereocenters. The van der Waals surface area contributed by atoms with Crippen molar-refractivity contribution < 1.29 is 8.42 Å². The van der Waals surface area contributed by atoms with Gasteiger partial charge in [-0.05, 0) is 45.0 Å². The maximum Gasteiger partial charge on any atom is 0.182 e. The van der Waals surface area contributed by atoms with Crippen molar-refractivity contribution >= 4 is 9.84 Å². The Balaban J connectivity index is 3.03. The van der Waals surface area contributed by atoms with Crippen molar-refractivity contribution in [2.45, 2.75) is 43.9 Å². The number of hydrogen-bond donors (Lipinski definition) is 1. The van der Waals surface area contributed by atoms with Crippen LogP contribution in [0.1, 0.15) is 26.3 Å². The lowest BCUT2D eigenvalue weighted by Gasteiger charge is -2.21. The van der Waals surface area contributed by atoms with Gasteiger partial charge < -0.3 is 5.32 Å². The van der Waals surface area contributed by atoms with Crippen LogP contribution in [0.5, 0.6) is 0 Å².